The first-order valence-electron chi connectivity index (χ1n) is 8.42. The van der Waals surface area contributed by atoms with E-state index in [0.717, 1.165) is 24.2 Å². The molecule has 1 atom stereocenters. The monoisotopic (exact) mass is 344 g/mol. The van der Waals surface area contributed by atoms with Gasteiger partial charge in [0.1, 0.15) is 5.75 Å². The lowest BCUT2D eigenvalue weighted by molar-refractivity contribution is 0.183. The first-order valence-corrected chi connectivity index (χ1v) is 8.42. The van der Waals surface area contributed by atoms with E-state index < -0.39 is 0 Å². The number of urea groups is 1. The summed E-state index contributed by atoms with van der Waals surface area (Å²) >= 11 is 0. The Balaban J connectivity index is 1.60. The minimum absolute atomic E-state index is 0.00874. The first-order chi connectivity index (χ1) is 12.2. The normalized spacial score (nSPS) is 14.8. The highest BCUT2D eigenvalue weighted by Crippen LogP contribution is 2.41. The highest BCUT2D eigenvalue weighted by molar-refractivity contribution is 5.89. The van der Waals surface area contributed by atoms with Crippen molar-refractivity contribution in [2.45, 2.75) is 25.4 Å². The van der Waals surface area contributed by atoms with Gasteiger partial charge in [-0.25, -0.2) is 4.79 Å². The SMILES string of the molecule is COCCn1cc(NC(=O)N[C@H](c2ccc(OC)cc2)C2CC2)cn1. The first kappa shape index (κ1) is 17.3. The summed E-state index contributed by atoms with van der Waals surface area (Å²) in [4.78, 5) is 12.4. The number of nitrogens with zero attached hydrogens (tertiary/aromatic N) is 2. The van der Waals surface area contributed by atoms with Crippen LogP contribution in [-0.4, -0.2) is 36.6 Å². The molecule has 0 aliphatic heterocycles. The topological polar surface area (TPSA) is 77.4 Å². The predicted molar refractivity (Wildman–Crippen MR) is 94.7 cm³/mol. The van der Waals surface area contributed by atoms with Gasteiger partial charge < -0.3 is 20.1 Å². The van der Waals surface area contributed by atoms with Crippen molar-refractivity contribution in [2.75, 3.05) is 26.1 Å². The second-order valence-corrected chi connectivity index (χ2v) is 6.17. The lowest BCUT2D eigenvalue weighted by atomic mass is 10.0. The van der Waals surface area contributed by atoms with Crippen molar-refractivity contribution in [3.05, 3.63) is 42.2 Å². The largest absolute Gasteiger partial charge is 0.497 e. The van der Waals surface area contributed by atoms with Crippen molar-refractivity contribution in [1.29, 1.82) is 0 Å². The zero-order chi connectivity index (χ0) is 17.6. The molecular formula is C18H24N4O3. The van der Waals surface area contributed by atoms with Gasteiger partial charge in [-0.3, -0.25) is 4.68 Å². The van der Waals surface area contributed by atoms with Gasteiger partial charge >= 0.3 is 6.03 Å². The molecule has 0 bridgehead atoms. The number of benzene rings is 1. The summed E-state index contributed by atoms with van der Waals surface area (Å²) in [6.45, 7) is 1.23. The van der Waals surface area contributed by atoms with E-state index in [0.29, 0.717) is 24.8 Å². The molecule has 3 rings (SSSR count). The van der Waals surface area contributed by atoms with Gasteiger partial charge in [-0.15, -0.1) is 0 Å². The van der Waals surface area contributed by atoms with Crippen LogP contribution in [0.25, 0.3) is 0 Å². The zero-order valence-electron chi connectivity index (χ0n) is 14.6. The Morgan fingerprint density at radius 1 is 1.32 bits per heavy atom. The number of aromatic nitrogens is 2. The van der Waals surface area contributed by atoms with Gasteiger partial charge in [0.15, 0.2) is 0 Å². The van der Waals surface area contributed by atoms with Gasteiger partial charge in [0.2, 0.25) is 0 Å². The summed E-state index contributed by atoms with van der Waals surface area (Å²) in [6, 6.07) is 7.64. The molecule has 25 heavy (non-hydrogen) atoms. The Labute approximate surface area is 147 Å². The van der Waals surface area contributed by atoms with E-state index >= 15 is 0 Å². The molecule has 7 heteroatoms. The van der Waals surface area contributed by atoms with Crippen LogP contribution >= 0.6 is 0 Å². The molecule has 2 amide bonds. The molecule has 1 aromatic heterocycles. The van der Waals surface area contributed by atoms with E-state index in [4.69, 9.17) is 9.47 Å². The molecule has 1 aliphatic rings. The van der Waals surface area contributed by atoms with Crippen LogP contribution in [0.15, 0.2) is 36.7 Å². The van der Waals surface area contributed by atoms with Crippen molar-refractivity contribution < 1.29 is 14.3 Å². The van der Waals surface area contributed by atoms with Crippen molar-refractivity contribution in [2.24, 2.45) is 5.92 Å². The number of hydrogen-bond donors (Lipinski definition) is 2. The van der Waals surface area contributed by atoms with Gasteiger partial charge in [-0.05, 0) is 36.5 Å². The quantitative estimate of drug-likeness (QED) is 0.772. The summed E-state index contributed by atoms with van der Waals surface area (Å²) in [7, 11) is 3.29. The lowest BCUT2D eigenvalue weighted by Crippen LogP contribution is -2.33. The van der Waals surface area contributed by atoms with E-state index in [1.807, 2.05) is 24.3 Å². The van der Waals surface area contributed by atoms with E-state index in [9.17, 15) is 4.79 Å². The number of methoxy groups -OCH3 is 2. The van der Waals surface area contributed by atoms with E-state index in [-0.39, 0.29) is 12.1 Å². The van der Waals surface area contributed by atoms with Crippen molar-refractivity contribution >= 4 is 11.7 Å². The summed E-state index contributed by atoms with van der Waals surface area (Å²) in [5, 5.41) is 10.1. The van der Waals surface area contributed by atoms with Gasteiger partial charge in [0, 0.05) is 13.3 Å². The molecule has 1 aromatic carbocycles. The second kappa shape index (κ2) is 8.02. The zero-order valence-corrected chi connectivity index (χ0v) is 14.6. The molecule has 1 saturated carbocycles. The van der Waals surface area contributed by atoms with Crippen LogP contribution in [0.5, 0.6) is 5.75 Å². The predicted octanol–water partition coefficient (Wildman–Crippen LogP) is 2.81. The second-order valence-electron chi connectivity index (χ2n) is 6.17. The fourth-order valence-corrected chi connectivity index (χ4v) is 2.76. The summed E-state index contributed by atoms with van der Waals surface area (Å²) < 4.78 is 12.0. The Morgan fingerprint density at radius 3 is 2.72 bits per heavy atom. The van der Waals surface area contributed by atoms with E-state index in [1.54, 1.807) is 31.3 Å². The van der Waals surface area contributed by atoms with Crippen LogP contribution in [0, 0.1) is 5.92 Å². The summed E-state index contributed by atoms with van der Waals surface area (Å²) in [6.07, 6.45) is 5.69. The molecule has 2 aromatic rings. The highest BCUT2D eigenvalue weighted by Gasteiger charge is 2.33. The molecule has 134 valence electrons. The number of carbonyl (C=O) groups excluding carboxylic acids is 1. The molecular weight excluding hydrogens is 320 g/mol. The van der Waals surface area contributed by atoms with Gasteiger partial charge in [0.05, 0.1) is 38.2 Å². The maximum Gasteiger partial charge on any atom is 0.319 e. The third-order valence-electron chi connectivity index (χ3n) is 4.27. The number of rotatable bonds is 8. The average Bonchev–Trinajstić information content (AvgIpc) is 3.38. The summed E-state index contributed by atoms with van der Waals surface area (Å²) in [5.41, 5.74) is 1.76. The van der Waals surface area contributed by atoms with E-state index in [1.165, 1.54) is 0 Å². The molecule has 0 spiro atoms. The third kappa shape index (κ3) is 4.73. The van der Waals surface area contributed by atoms with Gasteiger partial charge in [0.25, 0.3) is 0 Å². The number of ether oxygens (including phenoxy) is 2. The molecule has 0 radical (unpaired) electrons. The molecule has 1 fully saturated rings. The number of nitrogens with one attached hydrogen (secondary N) is 2. The number of carbonyl (C=O) groups is 1. The lowest BCUT2D eigenvalue weighted by Gasteiger charge is -2.19. The number of anilines is 1. The average molecular weight is 344 g/mol. The molecule has 1 heterocycles. The van der Waals surface area contributed by atoms with Crippen LogP contribution in [-0.2, 0) is 11.3 Å². The molecule has 2 N–H and O–H groups in total. The molecule has 7 nitrogen and oxygen atoms in total. The van der Waals surface area contributed by atoms with Gasteiger partial charge in [-0.2, -0.15) is 5.10 Å². The standard InChI is InChI=1S/C18H24N4O3/c1-24-10-9-22-12-15(11-19-22)20-18(23)21-17(13-3-4-13)14-5-7-16(25-2)8-6-14/h5-8,11-13,17H,3-4,9-10H2,1-2H3,(H2,20,21,23)/t17-/m0/s1. The van der Waals surface area contributed by atoms with Crippen LogP contribution in [0.2, 0.25) is 0 Å². The highest BCUT2D eigenvalue weighted by atomic mass is 16.5. The van der Waals surface area contributed by atoms with Crippen LogP contribution in [0.1, 0.15) is 24.4 Å². The Morgan fingerprint density at radius 2 is 2.08 bits per heavy atom. The smallest absolute Gasteiger partial charge is 0.319 e. The van der Waals surface area contributed by atoms with Crippen molar-refractivity contribution in [3.63, 3.8) is 0 Å². The Kier molecular flexibility index (Phi) is 5.55. The fraction of sp³-hybridized carbons (Fsp3) is 0.444. The minimum atomic E-state index is -0.223. The van der Waals surface area contributed by atoms with Crippen LogP contribution < -0.4 is 15.4 Å². The minimum Gasteiger partial charge on any atom is -0.497 e. The Bertz CT molecular complexity index is 695. The maximum atomic E-state index is 12.4. The Hall–Kier alpha value is -2.54. The molecule has 0 unspecified atom stereocenters. The van der Waals surface area contributed by atoms with Crippen LogP contribution in [0.3, 0.4) is 0 Å². The molecule has 1 aliphatic carbocycles. The van der Waals surface area contributed by atoms with Crippen molar-refractivity contribution in [1.82, 2.24) is 15.1 Å². The van der Waals surface area contributed by atoms with Gasteiger partial charge in [-0.1, -0.05) is 12.1 Å². The van der Waals surface area contributed by atoms with Crippen molar-refractivity contribution in [3.8, 4) is 5.75 Å². The molecule has 0 saturated heterocycles. The number of amides is 2. The summed E-state index contributed by atoms with van der Waals surface area (Å²) in [5.74, 6) is 1.30. The fourth-order valence-electron chi connectivity index (χ4n) is 2.76. The number of hydrogen-bond acceptors (Lipinski definition) is 4. The van der Waals surface area contributed by atoms with Crippen LogP contribution in [0.4, 0.5) is 10.5 Å². The van der Waals surface area contributed by atoms with E-state index in [2.05, 4.69) is 15.7 Å². The third-order valence-corrected chi connectivity index (χ3v) is 4.27. The maximum absolute atomic E-state index is 12.4.